The number of carbonyl (C=O) groups is 1. The van der Waals surface area contributed by atoms with Crippen molar-refractivity contribution >= 4 is 23.3 Å². The third-order valence-corrected chi connectivity index (χ3v) is 5.76. The number of aromatic nitrogens is 2. The van der Waals surface area contributed by atoms with Gasteiger partial charge in [-0.1, -0.05) is 6.07 Å². The van der Waals surface area contributed by atoms with Crippen LogP contribution in [0.5, 0.6) is 11.5 Å². The lowest BCUT2D eigenvalue weighted by atomic mass is 10.0. The predicted molar refractivity (Wildman–Crippen MR) is 124 cm³/mol. The first-order valence-electron chi connectivity index (χ1n) is 10.9. The van der Waals surface area contributed by atoms with Gasteiger partial charge in [-0.05, 0) is 43.0 Å². The summed E-state index contributed by atoms with van der Waals surface area (Å²) < 4.78 is 16.2. The van der Waals surface area contributed by atoms with Crippen molar-refractivity contribution in [3.8, 4) is 22.6 Å². The Bertz CT molecular complexity index is 1020. The Balaban J connectivity index is 0.000000203. The number of ether oxygens (including phenoxy) is 3. The summed E-state index contributed by atoms with van der Waals surface area (Å²) in [5.41, 5.74) is 2.46. The quantitative estimate of drug-likeness (QED) is 0.549. The SMILES string of the molecule is C1CN(CC2CC2)CCO1.COc1cccc(OC)c1-c1c[nH]c2nc(NC=O)ccc12. The molecular weight excluding hydrogens is 408 g/mol. The van der Waals surface area contributed by atoms with Gasteiger partial charge >= 0.3 is 0 Å². The maximum atomic E-state index is 10.5. The van der Waals surface area contributed by atoms with E-state index in [0.717, 1.165) is 60.2 Å². The van der Waals surface area contributed by atoms with E-state index in [1.165, 1.54) is 19.4 Å². The van der Waals surface area contributed by atoms with Gasteiger partial charge in [0, 0.05) is 36.8 Å². The summed E-state index contributed by atoms with van der Waals surface area (Å²) in [7, 11) is 3.24. The maximum Gasteiger partial charge on any atom is 0.212 e. The maximum absolute atomic E-state index is 10.5. The molecule has 170 valence electrons. The Morgan fingerprint density at radius 3 is 2.50 bits per heavy atom. The molecule has 2 aromatic heterocycles. The molecule has 0 radical (unpaired) electrons. The number of pyridine rings is 1. The molecule has 1 aliphatic carbocycles. The predicted octanol–water partition coefficient (Wildman–Crippen LogP) is 3.54. The lowest BCUT2D eigenvalue weighted by Gasteiger charge is -2.26. The van der Waals surface area contributed by atoms with E-state index in [1.807, 2.05) is 30.5 Å². The molecular formula is C24H30N4O4. The second kappa shape index (κ2) is 10.5. The first-order valence-corrected chi connectivity index (χ1v) is 10.9. The number of hydrogen-bond acceptors (Lipinski definition) is 6. The van der Waals surface area contributed by atoms with Gasteiger partial charge in [-0.3, -0.25) is 9.69 Å². The summed E-state index contributed by atoms with van der Waals surface area (Å²) in [6, 6.07) is 9.28. The fourth-order valence-corrected chi connectivity index (χ4v) is 3.92. The van der Waals surface area contributed by atoms with Crippen LogP contribution >= 0.6 is 0 Å². The normalized spacial score (nSPS) is 16.2. The van der Waals surface area contributed by atoms with E-state index in [0.29, 0.717) is 17.9 Å². The molecule has 1 amide bonds. The molecule has 2 aliphatic rings. The fourth-order valence-electron chi connectivity index (χ4n) is 3.92. The van der Waals surface area contributed by atoms with Crippen LogP contribution in [0.15, 0.2) is 36.5 Å². The van der Waals surface area contributed by atoms with Crippen LogP contribution in [0.4, 0.5) is 5.82 Å². The zero-order valence-electron chi connectivity index (χ0n) is 18.6. The van der Waals surface area contributed by atoms with Crippen LogP contribution < -0.4 is 14.8 Å². The number of carbonyl (C=O) groups excluding carboxylic acids is 1. The third-order valence-electron chi connectivity index (χ3n) is 5.76. The number of morpholine rings is 1. The standard InChI is InChI=1S/C16H15N3O3.C8H15NO/c1-21-12-4-3-5-13(22-2)15(12)11-8-17-16-10(11)6-7-14(19-16)18-9-20;1-2-8(1)7-9-3-5-10-6-4-9/h3-9H,1-2H3,(H2,17,18,19,20);8H,1-7H2. The summed E-state index contributed by atoms with van der Waals surface area (Å²) in [5, 5.41) is 3.45. The zero-order valence-corrected chi connectivity index (χ0v) is 18.6. The molecule has 0 unspecified atom stereocenters. The highest BCUT2D eigenvalue weighted by molar-refractivity contribution is 5.98. The van der Waals surface area contributed by atoms with E-state index in [-0.39, 0.29) is 0 Å². The molecule has 32 heavy (non-hydrogen) atoms. The Labute approximate surface area is 187 Å². The number of aromatic amines is 1. The van der Waals surface area contributed by atoms with Gasteiger partial charge in [0.2, 0.25) is 6.41 Å². The molecule has 1 saturated heterocycles. The van der Waals surface area contributed by atoms with Gasteiger partial charge in [0.05, 0.1) is 33.0 Å². The first kappa shape index (κ1) is 22.1. The highest BCUT2D eigenvalue weighted by Gasteiger charge is 2.24. The van der Waals surface area contributed by atoms with Crippen LogP contribution in [-0.4, -0.2) is 68.3 Å². The minimum Gasteiger partial charge on any atom is -0.496 e. The van der Waals surface area contributed by atoms with Crippen molar-refractivity contribution in [3.63, 3.8) is 0 Å². The smallest absolute Gasteiger partial charge is 0.212 e. The van der Waals surface area contributed by atoms with E-state index in [4.69, 9.17) is 14.2 Å². The molecule has 2 N–H and O–H groups in total. The van der Waals surface area contributed by atoms with Crippen molar-refractivity contribution < 1.29 is 19.0 Å². The number of hydrogen-bond donors (Lipinski definition) is 2. The number of benzene rings is 1. The van der Waals surface area contributed by atoms with Gasteiger partial charge in [-0.2, -0.15) is 0 Å². The highest BCUT2D eigenvalue weighted by Crippen LogP contribution is 2.41. The lowest BCUT2D eigenvalue weighted by Crippen LogP contribution is -2.37. The molecule has 8 nitrogen and oxygen atoms in total. The van der Waals surface area contributed by atoms with Crippen LogP contribution in [0, 0.1) is 5.92 Å². The Kier molecular flexibility index (Phi) is 7.24. The number of nitrogens with one attached hydrogen (secondary N) is 2. The summed E-state index contributed by atoms with van der Waals surface area (Å²) in [6.07, 6.45) is 5.39. The molecule has 3 aromatic rings. The number of rotatable bonds is 7. The minimum atomic E-state index is 0.489. The molecule has 0 bridgehead atoms. The second-order valence-corrected chi connectivity index (χ2v) is 7.95. The van der Waals surface area contributed by atoms with Crippen molar-refractivity contribution in [2.24, 2.45) is 5.92 Å². The van der Waals surface area contributed by atoms with Gasteiger partial charge < -0.3 is 24.5 Å². The first-order chi connectivity index (χ1) is 15.7. The van der Waals surface area contributed by atoms with Gasteiger partial charge in [0.25, 0.3) is 0 Å². The number of fused-ring (bicyclic) bond motifs is 1. The van der Waals surface area contributed by atoms with Crippen LogP contribution in [0.2, 0.25) is 0 Å². The molecule has 0 atom stereocenters. The van der Waals surface area contributed by atoms with E-state index in [9.17, 15) is 4.79 Å². The molecule has 1 saturated carbocycles. The van der Waals surface area contributed by atoms with Gasteiger partial charge in [0.15, 0.2) is 0 Å². The van der Waals surface area contributed by atoms with Crippen molar-refractivity contribution in [1.29, 1.82) is 0 Å². The van der Waals surface area contributed by atoms with Crippen LogP contribution in [-0.2, 0) is 9.53 Å². The van der Waals surface area contributed by atoms with Crippen molar-refractivity contribution in [2.75, 3.05) is 52.4 Å². The van der Waals surface area contributed by atoms with E-state index >= 15 is 0 Å². The van der Waals surface area contributed by atoms with Crippen LogP contribution in [0.1, 0.15) is 12.8 Å². The largest absolute Gasteiger partial charge is 0.496 e. The van der Waals surface area contributed by atoms with Gasteiger partial charge in [-0.25, -0.2) is 4.98 Å². The Morgan fingerprint density at radius 2 is 1.88 bits per heavy atom. The van der Waals surface area contributed by atoms with E-state index in [2.05, 4.69) is 20.2 Å². The summed E-state index contributed by atoms with van der Waals surface area (Å²) in [4.78, 5) is 20.5. The van der Waals surface area contributed by atoms with Crippen LogP contribution in [0.3, 0.4) is 0 Å². The highest BCUT2D eigenvalue weighted by atomic mass is 16.5. The third kappa shape index (κ3) is 5.20. The van der Waals surface area contributed by atoms with Gasteiger partial charge in [-0.15, -0.1) is 0 Å². The molecule has 1 aliphatic heterocycles. The van der Waals surface area contributed by atoms with Crippen molar-refractivity contribution in [2.45, 2.75) is 12.8 Å². The molecule has 1 aromatic carbocycles. The van der Waals surface area contributed by atoms with Gasteiger partial charge in [0.1, 0.15) is 23.0 Å². The average molecular weight is 439 g/mol. The molecule has 5 rings (SSSR count). The summed E-state index contributed by atoms with van der Waals surface area (Å²) in [6.45, 7) is 5.57. The Morgan fingerprint density at radius 1 is 1.16 bits per heavy atom. The minimum absolute atomic E-state index is 0.489. The molecule has 0 spiro atoms. The van der Waals surface area contributed by atoms with E-state index < -0.39 is 0 Å². The molecule has 8 heteroatoms. The average Bonchev–Trinajstić information content (AvgIpc) is 3.55. The number of methoxy groups -OCH3 is 2. The zero-order chi connectivity index (χ0) is 22.3. The van der Waals surface area contributed by atoms with E-state index in [1.54, 1.807) is 20.3 Å². The van der Waals surface area contributed by atoms with Crippen molar-refractivity contribution in [1.82, 2.24) is 14.9 Å². The topological polar surface area (TPSA) is 88.7 Å². The number of anilines is 1. The summed E-state index contributed by atoms with van der Waals surface area (Å²) >= 11 is 0. The lowest BCUT2D eigenvalue weighted by molar-refractivity contribution is -0.105. The monoisotopic (exact) mass is 438 g/mol. The number of nitrogens with zero attached hydrogens (tertiary/aromatic N) is 2. The van der Waals surface area contributed by atoms with Crippen molar-refractivity contribution in [3.05, 3.63) is 36.5 Å². The fraction of sp³-hybridized carbons (Fsp3) is 0.417. The number of amides is 1. The Hall–Kier alpha value is -3.10. The molecule has 2 fully saturated rings. The second-order valence-electron chi connectivity index (χ2n) is 7.95. The number of H-pyrrole nitrogens is 1. The molecule has 3 heterocycles. The van der Waals surface area contributed by atoms with Crippen LogP contribution in [0.25, 0.3) is 22.2 Å². The summed E-state index contributed by atoms with van der Waals surface area (Å²) in [5.74, 6) is 2.96.